The normalized spacial score (nSPS) is 10.2. The Bertz CT molecular complexity index is 898. The molecule has 0 unspecified atom stereocenters. The zero-order valence-electron chi connectivity index (χ0n) is 13.4. The van der Waals surface area contributed by atoms with Gasteiger partial charge in [-0.25, -0.2) is 9.37 Å². The number of hydrogen-bond donors (Lipinski definition) is 2. The number of aromatic nitrogens is 1. The fourth-order valence-corrected chi connectivity index (χ4v) is 2.63. The van der Waals surface area contributed by atoms with Crippen LogP contribution >= 0.6 is 11.3 Å². The smallest absolute Gasteiger partial charge is 0.262 e. The Hall–Kier alpha value is -3.26. The fourth-order valence-electron chi connectivity index (χ4n) is 2.11. The number of amides is 2. The first-order valence-corrected chi connectivity index (χ1v) is 8.48. The van der Waals surface area contributed by atoms with E-state index in [-0.39, 0.29) is 18.3 Å². The molecule has 6 nitrogen and oxygen atoms in total. The third kappa shape index (κ3) is 4.64. The molecule has 26 heavy (non-hydrogen) atoms. The molecule has 0 aliphatic carbocycles. The molecule has 2 amide bonds. The summed E-state index contributed by atoms with van der Waals surface area (Å²) in [6.07, 6.45) is 1.58. The van der Waals surface area contributed by atoms with Gasteiger partial charge < -0.3 is 10.1 Å². The molecule has 0 bridgehead atoms. The predicted molar refractivity (Wildman–Crippen MR) is 97.0 cm³/mol. The third-order valence-corrected chi connectivity index (χ3v) is 3.97. The molecule has 0 radical (unpaired) electrons. The molecule has 8 heteroatoms. The van der Waals surface area contributed by atoms with Crippen molar-refractivity contribution in [3.8, 4) is 5.75 Å². The van der Waals surface area contributed by atoms with Crippen LogP contribution in [0.5, 0.6) is 5.75 Å². The largest absolute Gasteiger partial charge is 0.484 e. The van der Waals surface area contributed by atoms with Crippen LogP contribution in [-0.4, -0.2) is 23.4 Å². The maximum atomic E-state index is 12.9. The van der Waals surface area contributed by atoms with Gasteiger partial charge >= 0.3 is 0 Å². The quantitative estimate of drug-likeness (QED) is 0.694. The Kier molecular flexibility index (Phi) is 5.55. The lowest BCUT2D eigenvalue weighted by atomic mass is 10.1. The highest BCUT2D eigenvalue weighted by molar-refractivity contribution is 7.13. The van der Waals surface area contributed by atoms with E-state index in [2.05, 4.69) is 15.6 Å². The van der Waals surface area contributed by atoms with Gasteiger partial charge in [0.1, 0.15) is 11.6 Å². The molecular formula is C18H14FN3O3S. The van der Waals surface area contributed by atoms with E-state index in [0.717, 1.165) is 0 Å². The standard InChI is InChI=1S/C18H14FN3O3S/c19-12-5-7-13(8-6-12)25-11-16(23)21-15-4-2-1-3-14(15)17(24)22-18-20-9-10-26-18/h1-10H,11H2,(H,21,23)(H,20,22,24). The number of ether oxygens (including phenoxy) is 1. The van der Waals surface area contributed by atoms with Crippen LogP contribution in [0.25, 0.3) is 0 Å². The molecule has 0 spiro atoms. The van der Waals surface area contributed by atoms with Gasteiger partial charge in [0.05, 0.1) is 11.3 Å². The SMILES string of the molecule is O=C(COc1ccc(F)cc1)Nc1ccccc1C(=O)Nc1nccs1. The average molecular weight is 371 g/mol. The Balaban J connectivity index is 1.62. The Morgan fingerprint density at radius 1 is 1.08 bits per heavy atom. The summed E-state index contributed by atoms with van der Waals surface area (Å²) < 4.78 is 18.1. The molecule has 0 aliphatic heterocycles. The summed E-state index contributed by atoms with van der Waals surface area (Å²) in [5.41, 5.74) is 0.659. The molecular weight excluding hydrogens is 357 g/mol. The van der Waals surface area contributed by atoms with Gasteiger partial charge in [-0.15, -0.1) is 11.3 Å². The summed E-state index contributed by atoms with van der Waals surface area (Å²) in [6, 6.07) is 12.0. The third-order valence-electron chi connectivity index (χ3n) is 3.28. The van der Waals surface area contributed by atoms with E-state index in [9.17, 15) is 14.0 Å². The minimum absolute atomic E-state index is 0.270. The van der Waals surface area contributed by atoms with Crippen molar-refractivity contribution in [1.82, 2.24) is 4.98 Å². The Labute approximate surface area is 152 Å². The molecule has 2 N–H and O–H groups in total. The molecule has 1 heterocycles. The molecule has 3 aromatic rings. The molecule has 1 aromatic heterocycles. The molecule has 0 saturated carbocycles. The van der Waals surface area contributed by atoms with Crippen LogP contribution in [0.4, 0.5) is 15.2 Å². The highest BCUT2D eigenvalue weighted by Gasteiger charge is 2.14. The topological polar surface area (TPSA) is 80.3 Å². The van der Waals surface area contributed by atoms with Gasteiger partial charge in [0.2, 0.25) is 0 Å². The van der Waals surface area contributed by atoms with Gasteiger partial charge in [0, 0.05) is 11.6 Å². The Morgan fingerprint density at radius 2 is 1.85 bits per heavy atom. The van der Waals surface area contributed by atoms with Crippen LogP contribution < -0.4 is 15.4 Å². The number of para-hydroxylation sites is 1. The van der Waals surface area contributed by atoms with Crippen LogP contribution in [-0.2, 0) is 4.79 Å². The van der Waals surface area contributed by atoms with E-state index in [1.54, 1.807) is 35.8 Å². The number of nitrogens with zero attached hydrogens (tertiary/aromatic N) is 1. The van der Waals surface area contributed by atoms with E-state index < -0.39 is 5.91 Å². The van der Waals surface area contributed by atoms with Gasteiger partial charge in [-0.1, -0.05) is 12.1 Å². The fraction of sp³-hybridized carbons (Fsp3) is 0.0556. The first kappa shape index (κ1) is 17.6. The monoisotopic (exact) mass is 371 g/mol. The van der Waals surface area contributed by atoms with E-state index in [1.165, 1.54) is 35.6 Å². The van der Waals surface area contributed by atoms with Gasteiger partial charge in [-0.05, 0) is 36.4 Å². The highest BCUT2D eigenvalue weighted by atomic mass is 32.1. The van der Waals surface area contributed by atoms with Crippen LogP contribution in [0, 0.1) is 5.82 Å². The summed E-state index contributed by atoms with van der Waals surface area (Å²) in [5.74, 6) is -0.836. The number of carbonyl (C=O) groups excluding carboxylic acids is 2. The summed E-state index contributed by atoms with van der Waals surface area (Å²) >= 11 is 1.30. The van der Waals surface area contributed by atoms with E-state index >= 15 is 0 Å². The van der Waals surface area contributed by atoms with Crippen molar-refractivity contribution >= 4 is 34.0 Å². The maximum Gasteiger partial charge on any atom is 0.262 e. The molecule has 0 atom stereocenters. The van der Waals surface area contributed by atoms with E-state index in [0.29, 0.717) is 22.1 Å². The molecule has 132 valence electrons. The second-order valence-electron chi connectivity index (χ2n) is 5.13. The van der Waals surface area contributed by atoms with Gasteiger partial charge in [0.15, 0.2) is 11.7 Å². The summed E-state index contributed by atoms with van der Waals surface area (Å²) in [5, 5.41) is 7.52. The second kappa shape index (κ2) is 8.21. The maximum absolute atomic E-state index is 12.9. The zero-order valence-corrected chi connectivity index (χ0v) is 14.3. The summed E-state index contributed by atoms with van der Waals surface area (Å²) in [7, 11) is 0. The van der Waals surface area contributed by atoms with Crippen LogP contribution in [0.3, 0.4) is 0 Å². The number of carbonyl (C=O) groups is 2. The number of hydrogen-bond acceptors (Lipinski definition) is 5. The van der Waals surface area contributed by atoms with Gasteiger partial charge in [0.25, 0.3) is 11.8 Å². The number of benzene rings is 2. The van der Waals surface area contributed by atoms with Gasteiger partial charge in [-0.3, -0.25) is 14.9 Å². The first-order chi connectivity index (χ1) is 12.6. The number of anilines is 2. The van der Waals surface area contributed by atoms with Gasteiger partial charge in [-0.2, -0.15) is 0 Å². The first-order valence-electron chi connectivity index (χ1n) is 7.60. The number of halogens is 1. The van der Waals surface area contributed by atoms with Crippen molar-refractivity contribution in [3.05, 3.63) is 71.5 Å². The number of rotatable bonds is 6. The second-order valence-corrected chi connectivity index (χ2v) is 6.02. The lowest BCUT2D eigenvalue weighted by Gasteiger charge is -2.11. The summed E-state index contributed by atoms with van der Waals surface area (Å²) in [6.45, 7) is -0.270. The predicted octanol–water partition coefficient (Wildman–Crippen LogP) is 3.55. The van der Waals surface area contributed by atoms with Crippen molar-refractivity contribution in [3.63, 3.8) is 0 Å². The van der Waals surface area contributed by atoms with Crippen LogP contribution in [0.15, 0.2) is 60.1 Å². The lowest BCUT2D eigenvalue weighted by molar-refractivity contribution is -0.118. The van der Waals surface area contributed by atoms with Crippen molar-refractivity contribution in [2.24, 2.45) is 0 Å². The molecule has 0 aliphatic rings. The molecule has 3 rings (SSSR count). The zero-order chi connectivity index (χ0) is 18.4. The van der Waals surface area contributed by atoms with Crippen molar-refractivity contribution in [2.75, 3.05) is 17.2 Å². The Morgan fingerprint density at radius 3 is 2.58 bits per heavy atom. The minimum atomic E-state index is -0.441. The number of nitrogens with one attached hydrogen (secondary N) is 2. The summed E-state index contributed by atoms with van der Waals surface area (Å²) in [4.78, 5) is 28.4. The van der Waals surface area contributed by atoms with Crippen molar-refractivity contribution < 1.29 is 18.7 Å². The lowest BCUT2D eigenvalue weighted by Crippen LogP contribution is -2.22. The minimum Gasteiger partial charge on any atom is -0.484 e. The van der Waals surface area contributed by atoms with E-state index in [4.69, 9.17) is 4.74 Å². The molecule has 0 saturated heterocycles. The van der Waals surface area contributed by atoms with E-state index in [1.807, 2.05) is 0 Å². The van der Waals surface area contributed by atoms with Crippen molar-refractivity contribution in [2.45, 2.75) is 0 Å². The van der Waals surface area contributed by atoms with Crippen LogP contribution in [0.2, 0.25) is 0 Å². The molecule has 2 aromatic carbocycles. The highest BCUT2D eigenvalue weighted by Crippen LogP contribution is 2.19. The van der Waals surface area contributed by atoms with Crippen LogP contribution in [0.1, 0.15) is 10.4 Å². The molecule has 0 fully saturated rings. The average Bonchev–Trinajstić information content (AvgIpc) is 3.14. The van der Waals surface area contributed by atoms with Crippen molar-refractivity contribution in [1.29, 1.82) is 0 Å². The number of thiazole rings is 1.